The van der Waals surface area contributed by atoms with Crippen LogP contribution in [0, 0.1) is 0 Å². The van der Waals surface area contributed by atoms with Gasteiger partial charge in [0.1, 0.15) is 5.70 Å². The second-order valence-corrected chi connectivity index (χ2v) is 4.37. The van der Waals surface area contributed by atoms with E-state index in [1.54, 1.807) is 0 Å². The van der Waals surface area contributed by atoms with E-state index >= 15 is 0 Å². The molecule has 2 heterocycles. The minimum absolute atomic E-state index is 0.168. The molecule has 1 fully saturated rings. The molecular weight excluding hydrogens is 190 g/mol. The van der Waals surface area contributed by atoms with Crippen molar-refractivity contribution in [1.82, 2.24) is 4.90 Å². The molecule has 1 unspecified atom stereocenters. The van der Waals surface area contributed by atoms with Gasteiger partial charge in [-0.2, -0.15) is 0 Å². The Labute approximate surface area is 91.1 Å². The third kappa shape index (κ3) is 2.16. The van der Waals surface area contributed by atoms with Gasteiger partial charge in [0.05, 0.1) is 7.11 Å². The van der Waals surface area contributed by atoms with Crippen LogP contribution < -0.4 is 0 Å². The number of rotatable bonds is 1. The molecule has 2 aliphatic heterocycles. The van der Waals surface area contributed by atoms with Gasteiger partial charge in [-0.1, -0.05) is 25.3 Å². The van der Waals surface area contributed by atoms with Crippen molar-refractivity contribution in [2.45, 2.75) is 44.6 Å². The molecular formula is C12H19NO2. The van der Waals surface area contributed by atoms with E-state index in [1.807, 2.05) is 6.08 Å². The van der Waals surface area contributed by atoms with Gasteiger partial charge in [-0.15, -0.1) is 0 Å². The number of fused-ring (bicyclic) bond motifs is 1. The number of nitrogens with zero attached hydrogens (tertiary/aromatic N) is 1. The first-order valence-corrected chi connectivity index (χ1v) is 5.88. The van der Waals surface area contributed by atoms with Gasteiger partial charge in [0.15, 0.2) is 0 Å². The predicted molar refractivity (Wildman–Crippen MR) is 58.3 cm³/mol. The molecule has 0 radical (unpaired) electrons. The van der Waals surface area contributed by atoms with E-state index in [2.05, 4.69) is 4.90 Å². The Bertz CT molecular complexity index is 273. The molecule has 2 rings (SSSR count). The zero-order chi connectivity index (χ0) is 10.7. The topological polar surface area (TPSA) is 29.5 Å². The molecule has 1 saturated heterocycles. The maximum atomic E-state index is 11.5. The fourth-order valence-corrected chi connectivity index (χ4v) is 2.59. The van der Waals surface area contributed by atoms with Crippen molar-refractivity contribution in [3.05, 3.63) is 11.8 Å². The summed E-state index contributed by atoms with van der Waals surface area (Å²) in [5.41, 5.74) is 0.796. The minimum Gasteiger partial charge on any atom is -0.464 e. The van der Waals surface area contributed by atoms with Crippen molar-refractivity contribution in [3.8, 4) is 0 Å². The summed E-state index contributed by atoms with van der Waals surface area (Å²) in [5, 5.41) is 0. The molecule has 0 amide bonds. The standard InChI is InChI=1S/C12H19NO2/c1-15-12(14)11-8-7-10-6-4-2-3-5-9-13(10)11/h8,10H,2-7,9H2,1H3. The molecule has 0 aromatic carbocycles. The van der Waals surface area contributed by atoms with E-state index in [0.717, 1.165) is 18.7 Å². The Hall–Kier alpha value is -0.990. The lowest BCUT2D eigenvalue weighted by atomic mass is 10.0. The smallest absolute Gasteiger partial charge is 0.353 e. The highest BCUT2D eigenvalue weighted by Gasteiger charge is 2.30. The van der Waals surface area contributed by atoms with Crippen LogP contribution in [0.2, 0.25) is 0 Å². The molecule has 3 heteroatoms. The highest BCUT2D eigenvalue weighted by Crippen LogP contribution is 2.29. The molecule has 3 nitrogen and oxygen atoms in total. The minimum atomic E-state index is -0.168. The summed E-state index contributed by atoms with van der Waals surface area (Å²) in [4.78, 5) is 13.8. The first kappa shape index (κ1) is 10.5. The second kappa shape index (κ2) is 4.69. The lowest BCUT2D eigenvalue weighted by molar-refractivity contribution is -0.138. The van der Waals surface area contributed by atoms with Crippen LogP contribution in [0.15, 0.2) is 11.8 Å². The van der Waals surface area contributed by atoms with Gasteiger partial charge in [-0.25, -0.2) is 4.79 Å². The van der Waals surface area contributed by atoms with Crippen molar-refractivity contribution in [2.24, 2.45) is 0 Å². The Morgan fingerprint density at radius 3 is 3.00 bits per heavy atom. The molecule has 0 aromatic heterocycles. The maximum Gasteiger partial charge on any atom is 0.353 e. The van der Waals surface area contributed by atoms with Crippen LogP contribution in [-0.4, -0.2) is 30.6 Å². The maximum absolute atomic E-state index is 11.5. The number of hydrogen-bond donors (Lipinski definition) is 0. The highest BCUT2D eigenvalue weighted by atomic mass is 16.5. The third-order valence-electron chi connectivity index (χ3n) is 3.41. The average molecular weight is 209 g/mol. The second-order valence-electron chi connectivity index (χ2n) is 4.37. The molecule has 15 heavy (non-hydrogen) atoms. The molecule has 0 N–H and O–H groups in total. The summed E-state index contributed by atoms with van der Waals surface area (Å²) in [6.45, 7) is 1.02. The zero-order valence-corrected chi connectivity index (χ0v) is 9.37. The van der Waals surface area contributed by atoms with Gasteiger partial charge in [0.2, 0.25) is 0 Å². The van der Waals surface area contributed by atoms with Crippen LogP contribution in [0.25, 0.3) is 0 Å². The summed E-state index contributed by atoms with van der Waals surface area (Å²) in [7, 11) is 1.46. The number of hydrogen-bond acceptors (Lipinski definition) is 3. The van der Waals surface area contributed by atoms with Crippen molar-refractivity contribution >= 4 is 5.97 Å². The Morgan fingerprint density at radius 2 is 2.20 bits per heavy atom. The van der Waals surface area contributed by atoms with Crippen LogP contribution in [0.3, 0.4) is 0 Å². The Morgan fingerprint density at radius 1 is 1.40 bits per heavy atom. The number of carbonyl (C=O) groups is 1. The van der Waals surface area contributed by atoms with E-state index in [9.17, 15) is 4.79 Å². The molecule has 1 atom stereocenters. The van der Waals surface area contributed by atoms with Gasteiger partial charge in [-0.05, 0) is 19.3 Å². The summed E-state index contributed by atoms with van der Waals surface area (Å²) < 4.78 is 4.81. The summed E-state index contributed by atoms with van der Waals surface area (Å²) >= 11 is 0. The fraction of sp³-hybridized carbons (Fsp3) is 0.750. The molecule has 0 spiro atoms. The van der Waals surface area contributed by atoms with Gasteiger partial charge < -0.3 is 9.64 Å². The van der Waals surface area contributed by atoms with Crippen molar-refractivity contribution in [2.75, 3.05) is 13.7 Å². The number of methoxy groups -OCH3 is 1. The number of carbonyl (C=O) groups excluding carboxylic acids is 1. The molecule has 84 valence electrons. The number of ether oxygens (including phenoxy) is 1. The van der Waals surface area contributed by atoms with Crippen LogP contribution >= 0.6 is 0 Å². The highest BCUT2D eigenvalue weighted by molar-refractivity contribution is 5.88. The van der Waals surface area contributed by atoms with E-state index < -0.39 is 0 Å². The van der Waals surface area contributed by atoms with E-state index in [1.165, 1.54) is 39.2 Å². The first-order valence-electron chi connectivity index (χ1n) is 5.88. The largest absolute Gasteiger partial charge is 0.464 e. The normalized spacial score (nSPS) is 26.3. The lowest BCUT2D eigenvalue weighted by Crippen LogP contribution is -2.34. The van der Waals surface area contributed by atoms with Crippen molar-refractivity contribution < 1.29 is 9.53 Å². The number of esters is 1. The van der Waals surface area contributed by atoms with Gasteiger partial charge in [-0.3, -0.25) is 0 Å². The van der Waals surface area contributed by atoms with Gasteiger partial charge >= 0.3 is 5.97 Å². The van der Waals surface area contributed by atoms with Crippen LogP contribution in [-0.2, 0) is 9.53 Å². The summed E-state index contributed by atoms with van der Waals surface area (Å²) in [6.07, 6.45) is 9.41. The van der Waals surface area contributed by atoms with Crippen LogP contribution in [0.5, 0.6) is 0 Å². The fourth-order valence-electron chi connectivity index (χ4n) is 2.59. The van der Waals surface area contributed by atoms with Crippen molar-refractivity contribution in [3.63, 3.8) is 0 Å². The average Bonchev–Trinajstić information content (AvgIpc) is 2.59. The van der Waals surface area contributed by atoms with Crippen LogP contribution in [0.4, 0.5) is 0 Å². The third-order valence-corrected chi connectivity index (χ3v) is 3.41. The van der Waals surface area contributed by atoms with E-state index in [4.69, 9.17) is 4.74 Å². The summed E-state index contributed by atoms with van der Waals surface area (Å²) in [6, 6.07) is 0.555. The molecule has 0 aromatic rings. The van der Waals surface area contributed by atoms with Gasteiger partial charge in [0.25, 0.3) is 0 Å². The predicted octanol–water partition coefficient (Wildman–Crippen LogP) is 2.08. The molecule has 0 saturated carbocycles. The SMILES string of the molecule is COC(=O)C1=CCC2CCCCCCN12. The first-order chi connectivity index (χ1) is 7.33. The Balaban J connectivity index is 2.05. The lowest BCUT2D eigenvalue weighted by Gasteiger charge is -2.30. The molecule has 2 aliphatic rings. The van der Waals surface area contributed by atoms with Gasteiger partial charge in [0, 0.05) is 12.6 Å². The van der Waals surface area contributed by atoms with E-state index in [-0.39, 0.29) is 5.97 Å². The zero-order valence-electron chi connectivity index (χ0n) is 9.37. The summed E-state index contributed by atoms with van der Waals surface area (Å²) in [5.74, 6) is -0.168. The Kier molecular flexibility index (Phi) is 3.29. The monoisotopic (exact) mass is 209 g/mol. The van der Waals surface area contributed by atoms with Crippen molar-refractivity contribution in [1.29, 1.82) is 0 Å². The van der Waals surface area contributed by atoms with Crippen LogP contribution in [0.1, 0.15) is 38.5 Å². The van der Waals surface area contributed by atoms with E-state index in [0.29, 0.717) is 6.04 Å². The molecule has 0 aliphatic carbocycles. The molecule has 0 bridgehead atoms. The quantitative estimate of drug-likeness (QED) is 0.619.